The van der Waals surface area contributed by atoms with E-state index in [1.807, 2.05) is 0 Å². The van der Waals surface area contributed by atoms with E-state index in [-0.39, 0.29) is 33.8 Å². The molecule has 1 heterocycles. The van der Waals surface area contributed by atoms with Gasteiger partial charge in [0.05, 0.1) is 11.4 Å². The van der Waals surface area contributed by atoms with Gasteiger partial charge in [0.25, 0.3) is 0 Å². The zero-order valence-corrected chi connectivity index (χ0v) is 16.4. The van der Waals surface area contributed by atoms with Gasteiger partial charge in [-0.1, -0.05) is 41.9 Å². The molecule has 1 fully saturated rings. The zero-order valence-electron chi connectivity index (χ0n) is 15.7. The minimum atomic E-state index is -1.07. The number of carbonyl (C=O) groups is 5. The van der Waals surface area contributed by atoms with E-state index in [4.69, 9.17) is 11.6 Å². The lowest BCUT2D eigenvalue weighted by Crippen LogP contribution is -2.33. The normalized spacial score (nSPS) is 15.5. The van der Waals surface area contributed by atoms with E-state index < -0.39 is 23.6 Å². The Morgan fingerprint density at radius 3 is 1.71 bits per heavy atom. The van der Waals surface area contributed by atoms with Gasteiger partial charge in [0.2, 0.25) is 0 Å². The maximum atomic E-state index is 13.0. The molecule has 2 aliphatic rings. The molecule has 0 saturated carbocycles. The molecule has 1 aliphatic carbocycles. The molecule has 7 nitrogen and oxygen atoms in total. The average Bonchev–Trinajstić information content (AvgIpc) is 3.00. The SMILES string of the molecule is O=C1c2ccccc2C(=O)c2cc(N3C(=O)C(=O)N(c4cccc(Cl)c4)C3=O)ccc21. The lowest BCUT2D eigenvalue weighted by molar-refractivity contribution is -0.133. The largest absolute Gasteiger partial charge is 0.343 e. The number of anilines is 2. The highest BCUT2D eigenvalue weighted by Gasteiger charge is 2.46. The molecule has 0 bridgehead atoms. The summed E-state index contributed by atoms with van der Waals surface area (Å²) in [6.07, 6.45) is 0. The molecular formula is C23H11ClN2O5. The maximum absolute atomic E-state index is 13.0. The van der Waals surface area contributed by atoms with Crippen LogP contribution in [0.2, 0.25) is 5.02 Å². The van der Waals surface area contributed by atoms with E-state index in [1.165, 1.54) is 30.3 Å². The van der Waals surface area contributed by atoms with E-state index in [2.05, 4.69) is 0 Å². The molecule has 8 heteroatoms. The number of benzene rings is 3. The number of amides is 4. The number of nitrogens with zero attached hydrogens (tertiary/aromatic N) is 2. The molecule has 0 spiro atoms. The van der Waals surface area contributed by atoms with Crippen molar-refractivity contribution in [2.75, 3.05) is 9.80 Å². The lowest BCUT2D eigenvalue weighted by atomic mass is 9.84. The Balaban J connectivity index is 1.58. The third kappa shape index (κ3) is 2.71. The van der Waals surface area contributed by atoms with Crippen molar-refractivity contribution < 1.29 is 24.0 Å². The maximum Gasteiger partial charge on any atom is 0.343 e. The van der Waals surface area contributed by atoms with Crippen LogP contribution in [0.25, 0.3) is 0 Å². The molecule has 150 valence electrons. The highest BCUT2D eigenvalue weighted by molar-refractivity contribution is 6.60. The Hall–Kier alpha value is -4.10. The molecule has 0 atom stereocenters. The van der Waals surface area contributed by atoms with Gasteiger partial charge in [0.1, 0.15) is 0 Å². The second-order valence-corrected chi connectivity index (χ2v) is 7.41. The van der Waals surface area contributed by atoms with Crippen LogP contribution in [0.5, 0.6) is 0 Å². The predicted molar refractivity (Wildman–Crippen MR) is 112 cm³/mol. The van der Waals surface area contributed by atoms with Crippen LogP contribution in [0.1, 0.15) is 31.8 Å². The Morgan fingerprint density at radius 1 is 0.548 bits per heavy atom. The third-order valence-electron chi connectivity index (χ3n) is 5.21. The molecule has 4 amide bonds. The van der Waals surface area contributed by atoms with Crippen molar-refractivity contribution in [3.05, 3.63) is 94.0 Å². The van der Waals surface area contributed by atoms with Crippen molar-refractivity contribution in [2.24, 2.45) is 0 Å². The van der Waals surface area contributed by atoms with Gasteiger partial charge in [-0.05, 0) is 36.4 Å². The molecule has 1 saturated heterocycles. The van der Waals surface area contributed by atoms with Crippen LogP contribution < -0.4 is 9.80 Å². The minimum absolute atomic E-state index is 0.0205. The van der Waals surface area contributed by atoms with E-state index in [0.29, 0.717) is 15.5 Å². The highest BCUT2D eigenvalue weighted by Crippen LogP contribution is 2.33. The molecule has 0 unspecified atom stereocenters. The number of ketones is 2. The van der Waals surface area contributed by atoms with Gasteiger partial charge < -0.3 is 0 Å². The Labute approximate surface area is 180 Å². The fourth-order valence-corrected chi connectivity index (χ4v) is 3.95. The summed E-state index contributed by atoms with van der Waals surface area (Å²) in [5.41, 5.74) is 0.944. The second-order valence-electron chi connectivity index (χ2n) is 6.98. The minimum Gasteiger partial charge on any atom is -0.289 e. The Bertz CT molecular complexity index is 1360. The summed E-state index contributed by atoms with van der Waals surface area (Å²) < 4.78 is 0. The second kappa shape index (κ2) is 6.72. The summed E-state index contributed by atoms with van der Waals surface area (Å²) in [5.74, 6) is -2.84. The average molecular weight is 431 g/mol. The van der Waals surface area contributed by atoms with Crippen LogP contribution in [-0.4, -0.2) is 29.4 Å². The van der Waals surface area contributed by atoms with Crippen molar-refractivity contribution in [1.29, 1.82) is 0 Å². The molecule has 31 heavy (non-hydrogen) atoms. The summed E-state index contributed by atoms with van der Waals surface area (Å²) in [6.45, 7) is 0. The van der Waals surface area contributed by atoms with E-state index in [0.717, 1.165) is 4.90 Å². The summed E-state index contributed by atoms with van der Waals surface area (Å²) in [7, 11) is 0. The first kappa shape index (κ1) is 18.9. The fourth-order valence-electron chi connectivity index (χ4n) is 3.76. The van der Waals surface area contributed by atoms with Gasteiger partial charge in [-0.2, -0.15) is 0 Å². The number of hydrogen-bond acceptors (Lipinski definition) is 5. The van der Waals surface area contributed by atoms with Crippen molar-refractivity contribution >= 4 is 52.4 Å². The van der Waals surface area contributed by atoms with Crippen LogP contribution in [-0.2, 0) is 9.59 Å². The number of carbonyl (C=O) groups excluding carboxylic acids is 5. The van der Waals surface area contributed by atoms with Crippen molar-refractivity contribution in [1.82, 2.24) is 0 Å². The van der Waals surface area contributed by atoms with Gasteiger partial charge in [-0.3, -0.25) is 19.2 Å². The van der Waals surface area contributed by atoms with Crippen LogP contribution in [0.4, 0.5) is 16.2 Å². The Morgan fingerprint density at radius 2 is 1.10 bits per heavy atom. The van der Waals surface area contributed by atoms with Gasteiger partial charge in [-0.15, -0.1) is 0 Å². The van der Waals surface area contributed by atoms with Crippen molar-refractivity contribution in [3.63, 3.8) is 0 Å². The smallest absolute Gasteiger partial charge is 0.289 e. The summed E-state index contributed by atoms with van der Waals surface area (Å²) in [6, 6.07) is 15.5. The first-order valence-electron chi connectivity index (χ1n) is 9.19. The molecule has 1 aliphatic heterocycles. The predicted octanol–water partition coefficient (Wildman–Crippen LogP) is 3.62. The van der Waals surface area contributed by atoms with Crippen LogP contribution in [0, 0.1) is 0 Å². The van der Waals surface area contributed by atoms with Gasteiger partial charge in [-0.25, -0.2) is 14.6 Å². The first-order chi connectivity index (χ1) is 14.9. The van der Waals surface area contributed by atoms with Crippen LogP contribution in [0.15, 0.2) is 66.7 Å². The number of urea groups is 1. The highest BCUT2D eigenvalue weighted by atomic mass is 35.5. The summed E-state index contributed by atoms with van der Waals surface area (Å²) in [4.78, 5) is 65.2. The Kier molecular flexibility index (Phi) is 4.09. The molecule has 0 aromatic heterocycles. The quantitative estimate of drug-likeness (QED) is 0.358. The number of imide groups is 2. The summed E-state index contributed by atoms with van der Waals surface area (Å²) >= 11 is 5.94. The lowest BCUT2D eigenvalue weighted by Gasteiger charge is -2.20. The van der Waals surface area contributed by atoms with E-state index in [1.54, 1.807) is 36.4 Å². The van der Waals surface area contributed by atoms with Gasteiger partial charge >= 0.3 is 17.8 Å². The topological polar surface area (TPSA) is 91.8 Å². The van der Waals surface area contributed by atoms with Crippen molar-refractivity contribution in [2.45, 2.75) is 0 Å². The first-order valence-corrected chi connectivity index (χ1v) is 9.57. The fraction of sp³-hybridized carbons (Fsp3) is 0. The van der Waals surface area contributed by atoms with Gasteiger partial charge in [0.15, 0.2) is 11.6 Å². The van der Waals surface area contributed by atoms with Gasteiger partial charge in [0, 0.05) is 27.3 Å². The molecule has 5 rings (SSSR count). The summed E-state index contributed by atoms with van der Waals surface area (Å²) in [5, 5.41) is 0.292. The molecule has 3 aromatic carbocycles. The van der Waals surface area contributed by atoms with Crippen LogP contribution in [0.3, 0.4) is 0 Å². The number of rotatable bonds is 2. The number of fused-ring (bicyclic) bond motifs is 2. The van der Waals surface area contributed by atoms with Crippen LogP contribution >= 0.6 is 11.6 Å². The van der Waals surface area contributed by atoms with E-state index >= 15 is 0 Å². The zero-order chi connectivity index (χ0) is 21.9. The molecule has 3 aromatic rings. The molecule has 0 N–H and O–H groups in total. The molecule has 0 radical (unpaired) electrons. The van der Waals surface area contributed by atoms with E-state index in [9.17, 15) is 24.0 Å². The number of halogens is 1. The third-order valence-corrected chi connectivity index (χ3v) is 5.44. The molecular weight excluding hydrogens is 420 g/mol. The number of hydrogen-bond donors (Lipinski definition) is 0. The van der Waals surface area contributed by atoms with Crippen molar-refractivity contribution in [3.8, 4) is 0 Å². The monoisotopic (exact) mass is 430 g/mol. The standard InChI is InChI=1S/C23H11ClN2O5/c24-12-4-3-5-13(10-12)25-21(29)22(30)26(23(25)31)14-8-9-17-18(11-14)20(28)16-7-2-1-6-15(16)19(17)27/h1-11H.